The van der Waals surface area contributed by atoms with Crippen molar-refractivity contribution in [2.45, 2.75) is 19.4 Å². The number of carboxylic acids is 1. The second-order valence-electron chi connectivity index (χ2n) is 10.4. The fourth-order valence-corrected chi connectivity index (χ4v) is 5.08. The molecule has 0 aliphatic heterocycles. The molecule has 0 bridgehead atoms. The zero-order valence-electron chi connectivity index (χ0n) is 24.5. The number of para-hydroxylation sites is 1. The molecule has 7 nitrogen and oxygen atoms in total. The van der Waals surface area contributed by atoms with E-state index >= 15 is 0 Å². The molecule has 0 heterocycles. The number of carboxylic acid groups (broad SMARTS) is 1. The Labute approximate surface area is 256 Å². The van der Waals surface area contributed by atoms with Gasteiger partial charge in [-0.15, -0.1) is 0 Å². The molecule has 7 heteroatoms. The van der Waals surface area contributed by atoms with Crippen LogP contribution in [0.25, 0.3) is 10.8 Å². The van der Waals surface area contributed by atoms with Crippen molar-refractivity contribution >= 4 is 34.1 Å². The fourth-order valence-electron chi connectivity index (χ4n) is 5.08. The number of rotatable bonds is 13. The highest BCUT2D eigenvalue weighted by molar-refractivity contribution is 6.12. The number of hydrogen-bond acceptors (Lipinski definition) is 5. The molecule has 1 amide bonds. The summed E-state index contributed by atoms with van der Waals surface area (Å²) in [4.78, 5) is 40.1. The van der Waals surface area contributed by atoms with Crippen molar-refractivity contribution in [3.63, 3.8) is 0 Å². The second kappa shape index (κ2) is 14.2. The molecule has 0 radical (unpaired) electrons. The second-order valence-corrected chi connectivity index (χ2v) is 10.4. The summed E-state index contributed by atoms with van der Waals surface area (Å²) in [5.41, 5.74) is 2.85. The summed E-state index contributed by atoms with van der Waals surface area (Å²) in [6, 6.07) is 35.8. The summed E-state index contributed by atoms with van der Waals surface area (Å²) in [6.45, 7) is 3.24. The number of ether oxygens (including phenoxy) is 1. The van der Waals surface area contributed by atoms with Crippen molar-refractivity contribution in [2.75, 3.05) is 25.0 Å². The van der Waals surface area contributed by atoms with Crippen LogP contribution in [0.5, 0.6) is 5.75 Å². The fraction of sp³-hybridized carbons (Fsp3) is 0.162. The minimum atomic E-state index is -1.02. The third kappa shape index (κ3) is 7.31. The Hall–Kier alpha value is -5.43. The molecule has 1 atom stereocenters. The largest absolute Gasteiger partial charge is 0.492 e. The summed E-state index contributed by atoms with van der Waals surface area (Å²) in [5.74, 6) is -0.624. The maximum Gasteiger partial charge on any atom is 0.326 e. The topological polar surface area (TPSA) is 95.9 Å². The van der Waals surface area contributed by atoms with Gasteiger partial charge in [-0.25, -0.2) is 4.79 Å². The molecule has 222 valence electrons. The Kier molecular flexibility index (Phi) is 9.67. The van der Waals surface area contributed by atoms with E-state index in [0.29, 0.717) is 47.8 Å². The van der Waals surface area contributed by atoms with Crippen LogP contribution in [0, 0.1) is 0 Å². The van der Waals surface area contributed by atoms with Crippen molar-refractivity contribution in [1.82, 2.24) is 4.90 Å². The van der Waals surface area contributed by atoms with Crippen LogP contribution in [-0.4, -0.2) is 53.4 Å². The number of carbonyl (C=O) groups excluding carboxylic acids is 2. The molecule has 0 unspecified atom stereocenters. The Morgan fingerprint density at radius 2 is 1.45 bits per heavy atom. The van der Waals surface area contributed by atoms with Crippen LogP contribution in [-0.2, 0) is 11.2 Å². The van der Waals surface area contributed by atoms with Gasteiger partial charge in [0, 0.05) is 35.3 Å². The van der Waals surface area contributed by atoms with E-state index in [2.05, 4.69) is 5.32 Å². The number of carbonyl (C=O) groups is 3. The Morgan fingerprint density at radius 1 is 0.773 bits per heavy atom. The zero-order chi connectivity index (χ0) is 30.9. The van der Waals surface area contributed by atoms with Crippen LogP contribution in [0.2, 0.25) is 0 Å². The van der Waals surface area contributed by atoms with Crippen molar-refractivity contribution in [2.24, 2.45) is 0 Å². The van der Waals surface area contributed by atoms with E-state index in [1.54, 1.807) is 65.6 Å². The summed E-state index contributed by atoms with van der Waals surface area (Å²) >= 11 is 0. The summed E-state index contributed by atoms with van der Waals surface area (Å²) < 4.78 is 5.92. The van der Waals surface area contributed by atoms with Gasteiger partial charge >= 0.3 is 5.97 Å². The van der Waals surface area contributed by atoms with E-state index in [1.807, 2.05) is 67.6 Å². The van der Waals surface area contributed by atoms with Crippen LogP contribution in [0.15, 0.2) is 121 Å². The smallest absolute Gasteiger partial charge is 0.326 e. The molecule has 0 saturated carbocycles. The first-order valence-electron chi connectivity index (χ1n) is 14.6. The SMILES string of the molecule is CCN(CCOc1ccc(C[C@H](Nc2ccccc2C(=O)c2ccccc2)C(=O)O)cc1)C(=O)c1ccc2ccccc2c1. The van der Waals surface area contributed by atoms with E-state index in [0.717, 1.165) is 16.3 Å². The van der Waals surface area contributed by atoms with Crippen molar-refractivity contribution in [1.29, 1.82) is 0 Å². The molecule has 0 saturated heterocycles. The lowest BCUT2D eigenvalue weighted by Crippen LogP contribution is -2.34. The van der Waals surface area contributed by atoms with Gasteiger partial charge in [0.15, 0.2) is 5.78 Å². The molecule has 44 heavy (non-hydrogen) atoms. The maximum atomic E-state index is 13.1. The number of ketones is 1. The van der Waals surface area contributed by atoms with Gasteiger partial charge in [-0.3, -0.25) is 9.59 Å². The van der Waals surface area contributed by atoms with Gasteiger partial charge in [-0.1, -0.05) is 84.9 Å². The van der Waals surface area contributed by atoms with Crippen LogP contribution in [0.3, 0.4) is 0 Å². The molecular weight excluding hydrogens is 552 g/mol. The van der Waals surface area contributed by atoms with E-state index in [-0.39, 0.29) is 18.1 Å². The molecule has 5 rings (SSSR count). The molecule has 2 N–H and O–H groups in total. The highest BCUT2D eigenvalue weighted by Crippen LogP contribution is 2.22. The average Bonchev–Trinajstić information content (AvgIpc) is 3.07. The molecule has 0 aliphatic carbocycles. The number of aliphatic carboxylic acids is 1. The number of nitrogens with one attached hydrogen (secondary N) is 1. The maximum absolute atomic E-state index is 13.1. The minimum absolute atomic E-state index is 0.0449. The van der Waals surface area contributed by atoms with Gasteiger partial charge in [0.25, 0.3) is 5.91 Å². The number of benzene rings is 5. The molecule has 0 aliphatic rings. The molecule has 0 spiro atoms. The number of hydrogen-bond donors (Lipinski definition) is 2. The molecule has 0 aromatic heterocycles. The van der Waals surface area contributed by atoms with Gasteiger partial charge in [0.1, 0.15) is 18.4 Å². The number of anilines is 1. The lowest BCUT2D eigenvalue weighted by molar-refractivity contribution is -0.137. The first-order chi connectivity index (χ1) is 21.4. The van der Waals surface area contributed by atoms with Crippen LogP contribution in [0.4, 0.5) is 5.69 Å². The number of fused-ring (bicyclic) bond motifs is 1. The van der Waals surface area contributed by atoms with Gasteiger partial charge in [-0.05, 0) is 59.7 Å². The molecular formula is C37H34N2O5. The summed E-state index contributed by atoms with van der Waals surface area (Å²) in [7, 11) is 0. The van der Waals surface area contributed by atoms with Crippen molar-refractivity contribution in [3.8, 4) is 5.75 Å². The van der Waals surface area contributed by atoms with Crippen molar-refractivity contribution in [3.05, 3.63) is 144 Å². The molecule has 0 fully saturated rings. The quantitative estimate of drug-likeness (QED) is 0.149. The first-order valence-corrected chi connectivity index (χ1v) is 14.6. The van der Waals surface area contributed by atoms with E-state index in [4.69, 9.17) is 4.74 Å². The van der Waals surface area contributed by atoms with Crippen LogP contribution >= 0.6 is 0 Å². The van der Waals surface area contributed by atoms with E-state index in [1.165, 1.54) is 0 Å². The van der Waals surface area contributed by atoms with Crippen LogP contribution in [0.1, 0.15) is 38.8 Å². The standard InChI is InChI=1S/C37H34N2O5/c1-2-39(36(41)30-19-18-27-10-6-7-13-29(27)25-30)22-23-44-31-20-16-26(17-21-31)24-34(37(42)43)38-33-15-9-8-14-32(33)35(40)28-11-4-3-5-12-28/h3-21,25,34,38H,2,22-24H2,1H3,(H,42,43)/t34-/m0/s1. The monoisotopic (exact) mass is 586 g/mol. The lowest BCUT2D eigenvalue weighted by Gasteiger charge is -2.21. The van der Waals surface area contributed by atoms with Gasteiger partial charge in [0.05, 0.1) is 6.54 Å². The summed E-state index contributed by atoms with van der Waals surface area (Å²) in [6.07, 6.45) is 0.202. The predicted octanol–water partition coefficient (Wildman–Crippen LogP) is 6.72. The molecule has 5 aromatic rings. The number of nitrogens with zero attached hydrogens (tertiary/aromatic N) is 1. The molecule has 5 aromatic carbocycles. The normalized spacial score (nSPS) is 11.5. The zero-order valence-corrected chi connectivity index (χ0v) is 24.5. The highest BCUT2D eigenvalue weighted by Gasteiger charge is 2.21. The van der Waals surface area contributed by atoms with Gasteiger partial charge in [-0.2, -0.15) is 0 Å². The number of likely N-dealkylation sites (N-methyl/N-ethyl adjacent to an activating group) is 1. The first kappa shape index (κ1) is 30.0. The van der Waals surface area contributed by atoms with Gasteiger partial charge < -0.3 is 20.1 Å². The van der Waals surface area contributed by atoms with E-state index < -0.39 is 12.0 Å². The third-order valence-electron chi connectivity index (χ3n) is 7.49. The highest BCUT2D eigenvalue weighted by atomic mass is 16.5. The van der Waals surface area contributed by atoms with Crippen LogP contribution < -0.4 is 10.1 Å². The Balaban J connectivity index is 1.18. The number of amides is 1. The third-order valence-corrected chi connectivity index (χ3v) is 7.49. The van der Waals surface area contributed by atoms with Crippen molar-refractivity contribution < 1.29 is 24.2 Å². The Morgan fingerprint density at radius 3 is 2.18 bits per heavy atom. The Bertz CT molecular complexity index is 1750. The predicted molar refractivity (Wildman–Crippen MR) is 173 cm³/mol. The average molecular weight is 587 g/mol. The minimum Gasteiger partial charge on any atom is -0.492 e. The van der Waals surface area contributed by atoms with E-state index in [9.17, 15) is 19.5 Å². The van der Waals surface area contributed by atoms with Gasteiger partial charge in [0.2, 0.25) is 0 Å². The lowest BCUT2D eigenvalue weighted by atomic mass is 10.00. The summed E-state index contributed by atoms with van der Waals surface area (Å²) in [5, 5.41) is 15.1.